The van der Waals surface area contributed by atoms with Crippen molar-refractivity contribution in [3.8, 4) is 0 Å². The Morgan fingerprint density at radius 3 is 2.90 bits per heavy atom. The number of carboxylic acid groups (broad SMARTS) is 1. The van der Waals surface area contributed by atoms with Gasteiger partial charge in [-0.3, -0.25) is 0 Å². The van der Waals surface area contributed by atoms with Gasteiger partial charge in [0.2, 0.25) is 0 Å². The number of thioether (sulfide) groups is 1. The number of carboxylic acids is 1. The second-order valence-electron chi connectivity index (χ2n) is 5.00. The third-order valence-electron chi connectivity index (χ3n) is 3.63. The average Bonchev–Trinajstić information content (AvgIpc) is 2.52. The maximum Gasteiger partial charge on any atom is 0.342 e. The molecule has 1 heterocycles. The lowest BCUT2D eigenvalue weighted by molar-refractivity contribution is -0.131. The Hall–Kier alpha value is -1.55. The molecule has 0 spiro atoms. The summed E-state index contributed by atoms with van der Waals surface area (Å²) in [4.78, 5) is 11.6. The first kappa shape index (κ1) is 17.5. The lowest BCUT2D eigenvalue weighted by Gasteiger charge is -2.20. The number of rotatable bonds is 5. The van der Waals surface area contributed by atoms with E-state index >= 15 is 0 Å². The van der Waals surface area contributed by atoms with Gasteiger partial charge in [-0.2, -0.15) is 0 Å². The van der Waals surface area contributed by atoms with Crippen LogP contribution in [0.2, 0.25) is 0 Å². The minimum atomic E-state index is -0.908. The Bertz CT molecular complexity index is 515. The fourth-order valence-electron chi connectivity index (χ4n) is 2.27. The molecular formula is C17H21FO2S. The van der Waals surface area contributed by atoms with E-state index in [1.165, 1.54) is 17.8 Å². The van der Waals surface area contributed by atoms with Gasteiger partial charge in [-0.15, -0.1) is 6.58 Å². The van der Waals surface area contributed by atoms with Crippen LogP contribution in [0.4, 0.5) is 4.39 Å². The molecule has 1 aliphatic heterocycles. The van der Waals surface area contributed by atoms with Gasteiger partial charge in [0.25, 0.3) is 0 Å². The molecule has 21 heavy (non-hydrogen) atoms. The van der Waals surface area contributed by atoms with Crippen LogP contribution < -0.4 is 0 Å². The third-order valence-corrected chi connectivity index (χ3v) is 4.68. The lowest BCUT2D eigenvalue weighted by atomic mass is 9.85. The molecule has 1 rings (SSSR count). The summed E-state index contributed by atoms with van der Waals surface area (Å²) in [7, 11) is 0. The van der Waals surface area contributed by atoms with E-state index in [-0.39, 0.29) is 11.8 Å². The van der Waals surface area contributed by atoms with Gasteiger partial charge in [-0.25, -0.2) is 9.18 Å². The Morgan fingerprint density at radius 2 is 2.33 bits per heavy atom. The van der Waals surface area contributed by atoms with Crippen molar-refractivity contribution in [1.82, 2.24) is 0 Å². The molecule has 1 N–H and O–H groups in total. The zero-order valence-electron chi connectivity index (χ0n) is 12.4. The molecule has 2 nitrogen and oxygen atoms in total. The van der Waals surface area contributed by atoms with Gasteiger partial charge >= 0.3 is 5.97 Å². The second-order valence-corrected chi connectivity index (χ2v) is 5.91. The van der Waals surface area contributed by atoms with Crippen LogP contribution >= 0.6 is 11.8 Å². The molecule has 0 aliphatic carbocycles. The van der Waals surface area contributed by atoms with E-state index in [0.29, 0.717) is 17.7 Å². The third kappa shape index (κ3) is 5.05. The van der Waals surface area contributed by atoms with Crippen molar-refractivity contribution in [1.29, 1.82) is 0 Å². The molecular weight excluding hydrogens is 287 g/mol. The van der Waals surface area contributed by atoms with Gasteiger partial charge in [-0.1, -0.05) is 41.6 Å². The highest BCUT2D eigenvalue weighted by Gasteiger charge is 2.19. The van der Waals surface area contributed by atoms with Crippen molar-refractivity contribution in [2.75, 3.05) is 0 Å². The number of carbonyl (C=O) groups is 1. The molecule has 0 saturated carbocycles. The molecule has 0 amide bonds. The molecule has 1 aliphatic rings. The van der Waals surface area contributed by atoms with Crippen molar-refractivity contribution in [2.24, 2.45) is 11.8 Å². The van der Waals surface area contributed by atoms with E-state index in [9.17, 15) is 14.3 Å². The summed E-state index contributed by atoms with van der Waals surface area (Å²) in [5, 5.41) is 11.1. The van der Waals surface area contributed by atoms with E-state index in [1.54, 1.807) is 0 Å². The Kier molecular flexibility index (Phi) is 7.23. The van der Waals surface area contributed by atoms with Crippen molar-refractivity contribution < 1.29 is 14.3 Å². The highest BCUT2D eigenvalue weighted by atomic mass is 32.2. The van der Waals surface area contributed by atoms with Crippen molar-refractivity contribution in [3.63, 3.8) is 0 Å². The Morgan fingerprint density at radius 1 is 1.62 bits per heavy atom. The highest BCUT2D eigenvalue weighted by molar-refractivity contribution is 8.06. The van der Waals surface area contributed by atoms with Crippen LogP contribution in [0.5, 0.6) is 0 Å². The van der Waals surface area contributed by atoms with Crippen LogP contribution in [0.3, 0.4) is 0 Å². The normalized spacial score (nSPS) is 28.9. The van der Waals surface area contributed by atoms with Crippen LogP contribution in [0.15, 0.2) is 58.7 Å². The molecule has 4 heteroatoms. The van der Waals surface area contributed by atoms with Crippen LogP contribution in [0.25, 0.3) is 0 Å². The first-order valence-electron chi connectivity index (χ1n) is 6.83. The van der Waals surface area contributed by atoms with Crippen molar-refractivity contribution >= 4 is 17.7 Å². The predicted molar refractivity (Wildman–Crippen MR) is 87.5 cm³/mol. The number of allylic oxidation sites excluding steroid dienone is 6. The Balaban J connectivity index is 3.14. The minimum absolute atomic E-state index is 0.126. The monoisotopic (exact) mass is 308 g/mol. The molecule has 114 valence electrons. The SMILES string of the molecule is C=CC(C/C=C/F)C1/C=C(C)/C(C)=C(/C(=O)O)S/C=C/C1. The summed E-state index contributed by atoms with van der Waals surface area (Å²) in [5.74, 6) is -0.603. The average molecular weight is 308 g/mol. The van der Waals surface area contributed by atoms with Gasteiger partial charge in [0, 0.05) is 0 Å². The molecule has 0 saturated heterocycles. The van der Waals surface area contributed by atoms with Gasteiger partial charge < -0.3 is 5.11 Å². The van der Waals surface area contributed by atoms with E-state index in [4.69, 9.17) is 0 Å². The topological polar surface area (TPSA) is 37.3 Å². The van der Waals surface area contributed by atoms with Gasteiger partial charge in [0.15, 0.2) is 0 Å². The molecule has 0 bridgehead atoms. The largest absolute Gasteiger partial charge is 0.477 e. The van der Waals surface area contributed by atoms with E-state index in [2.05, 4.69) is 12.7 Å². The fourth-order valence-corrected chi connectivity index (χ4v) is 3.06. The lowest BCUT2D eigenvalue weighted by Crippen LogP contribution is -2.10. The molecule has 0 fully saturated rings. The smallest absolute Gasteiger partial charge is 0.342 e. The summed E-state index contributed by atoms with van der Waals surface area (Å²) in [6.07, 6.45) is 9.30. The number of aliphatic carboxylic acids is 1. The summed E-state index contributed by atoms with van der Waals surface area (Å²) in [6, 6.07) is 0. The van der Waals surface area contributed by atoms with Crippen LogP contribution in [0, 0.1) is 11.8 Å². The second kappa shape index (κ2) is 8.67. The van der Waals surface area contributed by atoms with E-state index < -0.39 is 5.97 Å². The van der Waals surface area contributed by atoms with Crippen LogP contribution in [-0.4, -0.2) is 11.1 Å². The van der Waals surface area contributed by atoms with Crippen molar-refractivity contribution in [3.05, 3.63) is 58.7 Å². The maximum atomic E-state index is 12.2. The quantitative estimate of drug-likeness (QED) is 0.706. The van der Waals surface area contributed by atoms with Crippen molar-refractivity contribution in [2.45, 2.75) is 26.7 Å². The molecule has 0 aromatic rings. The molecule has 2 unspecified atom stereocenters. The number of hydrogen-bond donors (Lipinski definition) is 1. The first-order chi connectivity index (χ1) is 10.0. The van der Waals surface area contributed by atoms with E-state index in [1.807, 2.05) is 31.4 Å². The summed E-state index contributed by atoms with van der Waals surface area (Å²) < 4.78 is 12.2. The van der Waals surface area contributed by atoms with Gasteiger partial charge in [-0.05, 0) is 49.5 Å². The van der Waals surface area contributed by atoms with Gasteiger partial charge in [0.05, 0.1) is 11.2 Å². The highest BCUT2D eigenvalue weighted by Crippen LogP contribution is 2.32. The van der Waals surface area contributed by atoms with Crippen LogP contribution in [0.1, 0.15) is 26.7 Å². The molecule has 0 radical (unpaired) electrons. The maximum absolute atomic E-state index is 12.2. The van der Waals surface area contributed by atoms with Crippen LogP contribution in [-0.2, 0) is 4.79 Å². The molecule has 0 aromatic heterocycles. The zero-order valence-corrected chi connectivity index (χ0v) is 13.2. The minimum Gasteiger partial charge on any atom is -0.477 e. The van der Waals surface area contributed by atoms with Gasteiger partial charge in [0.1, 0.15) is 0 Å². The first-order valence-corrected chi connectivity index (χ1v) is 7.71. The molecule has 0 aromatic carbocycles. The zero-order chi connectivity index (χ0) is 15.8. The Labute approximate surface area is 129 Å². The fraction of sp³-hybridized carbons (Fsp3) is 0.353. The summed E-state index contributed by atoms with van der Waals surface area (Å²) in [5.41, 5.74) is 1.72. The predicted octanol–water partition coefficient (Wildman–Crippen LogP) is 5.23. The number of halogens is 1. The summed E-state index contributed by atoms with van der Waals surface area (Å²) in [6.45, 7) is 7.57. The standard InChI is InChI=1S/C17H21FO2S/c1-4-14(7-5-9-18)15-8-6-10-21-16(17(19)20)13(3)12(2)11-15/h4-6,9-11,14-15H,1,7-8H2,2-3H3,(H,19,20)/b9-5+,10-6+,12-11+,16-13-. The van der Waals surface area contributed by atoms with E-state index in [0.717, 1.165) is 17.6 Å². The number of hydrogen-bond acceptors (Lipinski definition) is 2. The molecule has 2 atom stereocenters. The summed E-state index contributed by atoms with van der Waals surface area (Å²) >= 11 is 1.23.